The fourth-order valence-electron chi connectivity index (χ4n) is 9.27. The number of urea groups is 1. The van der Waals surface area contributed by atoms with Crippen LogP contribution in [0.3, 0.4) is 0 Å². The molecule has 0 radical (unpaired) electrons. The third-order valence-electron chi connectivity index (χ3n) is 12.7. The second-order valence-electron chi connectivity index (χ2n) is 16.2. The molecule has 13 heteroatoms. The maximum atomic E-state index is 13.4. The van der Waals surface area contributed by atoms with Crippen molar-refractivity contribution >= 4 is 51.0 Å². The molecule has 3 aromatic heterocycles. The smallest absolute Gasteiger partial charge is 0.328 e. The lowest BCUT2D eigenvalue weighted by molar-refractivity contribution is -0.120. The summed E-state index contributed by atoms with van der Waals surface area (Å²) in [5, 5.41) is 12.2. The number of aryl methyl sites for hydroxylation is 1. The zero-order chi connectivity index (χ0) is 38.5. The summed E-state index contributed by atoms with van der Waals surface area (Å²) in [4.78, 5) is 54.7. The number of benzene rings is 2. The van der Waals surface area contributed by atoms with Gasteiger partial charge in [0.1, 0.15) is 11.4 Å². The molecule has 0 spiro atoms. The average molecular weight is 759 g/mol. The molecular weight excluding hydrogens is 709 g/mol. The summed E-state index contributed by atoms with van der Waals surface area (Å²) in [5.41, 5.74) is 4.54. The topological polar surface area (TPSA) is 136 Å². The Morgan fingerprint density at radius 1 is 0.911 bits per heavy atom. The Morgan fingerprint density at radius 3 is 2.45 bits per heavy atom. The summed E-state index contributed by atoms with van der Waals surface area (Å²) in [6.07, 6.45) is 14.1. The average Bonchev–Trinajstić information content (AvgIpc) is 3.89. The van der Waals surface area contributed by atoms with Crippen molar-refractivity contribution in [1.29, 1.82) is 0 Å². The molecule has 4 fully saturated rings. The minimum atomic E-state index is -0.374. The molecule has 2 N–H and O–H groups in total. The quantitative estimate of drug-likeness (QED) is 0.161. The van der Waals surface area contributed by atoms with Crippen molar-refractivity contribution in [3.63, 3.8) is 0 Å². The second-order valence-corrected chi connectivity index (χ2v) is 16.2. The van der Waals surface area contributed by atoms with E-state index in [0.29, 0.717) is 42.2 Å². The zero-order valence-electron chi connectivity index (χ0n) is 32.2. The van der Waals surface area contributed by atoms with E-state index >= 15 is 0 Å². The van der Waals surface area contributed by atoms with Crippen molar-refractivity contribution in [3.8, 4) is 5.75 Å². The summed E-state index contributed by atoms with van der Waals surface area (Å²) >= 11 is 0. The third kappa shape index (κ3) is 7.08. The number of carbonyl (C=O) groups is 3. The van der Waals surface area contributed by atoms with E-state index in [4.69, 9.17) is 9.84 Å². The van der Waals surface area contributed by atoms with Crippen LogP contribution in [0.15, 0.2) is 65.7 Å². The fourth-order valence-corrected chi connectivity index (χ4v) is 9.27. The van der Waals surface area contributed by atoms with Crippen LogP contribution in [0, 0.1) is 5.92 Å². The first-order valence-electron chi connectivity index (χ1n) is 20.2. The number of ether oxygens (including phenoxy) is 1. The highest BCUT2D eigenvalue weighted by Gasteiger charge is 2.29. The highest BCUT2D eigenvalue weighted by molar-refractivity contribution is 6.08. The molecule has 2 saturated carbocycles. The lowest BCUT2D eigenvalue weighted by atomic mass is 9.84. The number of nitrogens with one attached hydrogen (secondary N) is 2. The first-order chi connectivity index (χ1) is 27.2. The molecule has 2 aromatic carbocycles. The summed E-state index contributed by atoms with van der Waals surface area (Å²) in [6.45, 7) is 3.73. The van der Waals surface area contributed by atoms with Crippen LogP contribution in [0.4, 0.5) is 16.2 Å². The monoisotopic (exact) mass is 758 g/mol. The summed E-state index contributed by atoms with van der Waals surface area (Å²) < 4.78 is 11.7. The van der Waals surface area contributed by atoms with E-state index in [1.165, 1.54) is 30.3 Å². The van der Waals surface area contributed by atoms with Crippen LogP contribution in [0.1, 0.15) is 98.3 Å². The Kier molecular flexibility index (Phi) is 9.64. The van der Waals surface area contributed by atoms with Gasteiger partial charge in [-0.25, -0.2) is 4.79 Å². The third-order valence-corrected chi connectivity index (χ3v) is 12.7. The first kappa shape index (κ1) is 36.2. The van der Waals surface area contributed by atoms with Crippen molar-refractivity contribution in [2.24, 2.45) is 13.0 Å². The van der Waals surface area contributed by atoms with Crippen LogP contribution in [0.2, 0.25) is 0 Å². The van der Waals surface area contributed by atoms with Gasteiger partial charge in [0, 0.05) is 72.6 Å². The van der Waals surface area contributed by atoms with E-state index < -0.39 is 0 Å². The van der Waals surface area contributed by atoms with Gasteiger partial charge in [0.2, 0.25) is 5.91 Å². The molecule has 2 aliphatic heterocycles. The number of pyridine rings is 1. The van der Waals surface area contributed by atoms with Crippen molar-refractivity contribution in [2.75, 3.05) is 43.5 Å². The highest BCUT2D eigenvalue weighted by atomic mass is 16.5. The molecule has 2 saturated heterocycles. The maximum Gasteiger partial charge on any atom is 0.328 e. The van der Waals surface area contributed by atoms with Gasteiger partial charge in [0.25, 0.3) is 11.5 Å². The van der Waals surface area contributed by atoms with Gasteiger partial charge < -0.3 is 24.1 Å². The van der Waals surface area contributed by atoms with E-state index in [2.05, 4.69) is 50.0 Å². The molecule has 13 nitrogen and oxygen atoms in total. The SMILES string of the molecule is COc1cc2nn(C3CCC(CCN4CCC(c5cc6ccc(N7CCC(=O)NC7=O)cc6n5C)CC4)CC3)cc2cc1C(=O)Nc1cccn(C2CC2)c1=O. The number of rotatable bonds is 10. The number of amides is 4. The molecule has 0 bridgehead atoms. The largest absolute Gasteiger partial charge is 0.496 e. The Hall–Kier alpha value is -5.43. The van der Waals surface area contributed by atoms with Gasteiger partial charge in [0.05, 0.1) is 29.7 Å². The molecule has 292 valence electrons. The van der Waals surface area contributed by atoms with Crippen LogP contribution in [0.5, 0.6) is 5.75 Å². The predicted molar refractivity (Wildman–Crippen MR) is 216 cm³/mol. The number of hydrogen-bond donors (Lipinski definition) is 2. The van der Waals surface area contributed by atoms with Gasteiger partial charge in [0.15, 0.2) is 0 Å². The minimum absolute atomic E-state index is 0.183. The van der Waals surface area contributed by atoms with Gasteiger partial charge in [-0.3, -0.25) is 29.3 Å². The van der Waals surface area contributed by atoms with Gasteiger partial charge in [-0.1, -0.05) is 6.07 Å². The number of aromatic nitrogens is 4. The van der Waals surface area contributed by atoms with Gasteiger partial charge in [-0.05, 0) is 120 Å². The summed E-state index contributed by atoms with van der Waals surface area (Å²) in [6, 6.07) is 15.7. The molecule has 0 unspecified atom stereocenters. The number of likely N-dealkylation sites (tertiary alicyclic amines) is 1. The molecular formula is C43H50N8O5. The zero-order valence-corrected chi connectivity index (χ0v) is 32.2. The van der Waals surface area contributed by atoms with Gasteiger partial charge >= 0.3 is 6.03 Å². The Morgan fingerprint density at radius 2 is 1.70 bits per heavy atom. The molecule has 2 aliphatic carbocycles. The highest BCUT2D eigenvalue weighted by Crippen LogP contribution is 2.38. The van der Waals surface area contributed by atoms with Crippen LogP contribution in [0.25, 0.3) is 21.8 Å². The van der Waals surface area contributed by atoms with Crippen molar-refractivity contribution in [3.05, 3.63) is 82.5 Å². The van der Waals surface area contributed by atoms with E-state index in [0.717, 1.165) is 80.3 Å². The number of methoxy groups -OCH3 is 1. The first-order valence-corrected chi connectivity index (χ1v) is 20.2. The van der Waals surface area contributed by atoms with E-state index in [9.17, 15) is 19.2 Å². The van der Waals surface area contributed by atoms with Crippen LogP contribution < -0.4 is 25.8 Å². The molecule has 4 amide bonds. The van der Waals surface area contributed by atoms with Gasteiger partial charge in [-0.15, -0.1) is 0 Å². The standard InChI is InChI=1S/C43H50N8O5/c1-47-37(23-29-7-10-33(24-38(29)47)50-21-16-40(52)45-43(50)55)28-14-19-48(20-15-28)18-13-27-5-8-32(9-6-27)51-26-30-22-34(39(56-2)25-36(30)46-51)41(53)44-35-4-3-17-49(42(35)54)31-11-12-31/h3-4,7,10,17,22-28,31-32H,5-6,8-9,11-16,18-21H2,1-2H3,(H,44,53)(H,45,52,55). The predicted octanol–water partition coefficient (Wildman–Crippen LogP) is 6.73. The van der Waals surface area contributed by atoms with Crippen molar-refractivity contribution in [2.45, 2.75) is 82.2 Å². The number of hydrogen-bond acceptors (Lipinski definition) is 7. The lowest BCUT2D eigenvalue weighted by Gasteiger charge is -2.34. The second kappa shape index (κ2) is 14.9. The number of carbonyl (C=O) groups excluding carboxylic acids is 3. The Balaban J connectivity index is 0.770. The van der Waals surface area contributed by atoms with Crippen molar-refractivity contribution in [1.82, 2.24) is 29.1 Å². The molecule has 4 aliphatic rings. The Bertz CT molecular complexity index is 2370. The van der Waals surface area contributed by atoms with Gasteiger partial charge in [-0.2, -0.15) is 5.10 Å². The normalized spacial score (nSPS) is 21.1. The Labute approximate surface area is 325 Å². The van der Waals surface area contributed by atoms with Crippen LogP contribution in [-0.2, 0) is 11.8 Å². The number of imide groups is 1. The number of nitrogens with zero attached hydrogens (tertiary/aromatic N) is 6. The maximum absolute atomic E-state index is 13.4. The minimum Gasteiger partial charge on any atom is -0.496 e. The molecule has 56 heavy (non-hydrogen) atoms. The lowest BCUT2D eigenvalue weighted by Crippen LogP contribution is -2.49. The molecule has 5 heterocycles. The fraction of sp³-hybridized carbons (Fsp3) is 0.465. The van der Waals surface area contributed by atoms with Crippen LogP contribution >= 0.6 is 0 Å². The molecule has 5 aromatic rings. The molecule has 9 rings (SSSR count). The summed E-state index contributed by atoms with van der Waals surface area (Å²) in [5.74, 6) is 1.05. The van der Waals surface area contributed by atoms with Crippen LogP contribution in [-0.4, -0.2) is 74.9 Å². The summed E-state index contributed by atoms with van der Waals surface area (Å²) in [7, 11) is 3.68. The van der Waals surface area contributed by atoms with Crippen molar-refractivity contribution < 1.29 is 19.1 Å². The number of piperidine rings is 1. The van der Waals surface area contributed by atoms with E-state index in [1.807, 2.05) is 24.4 Å². The number of fused-ring (bicyclic) bond motifs is 2. The van der Waals surface area contributed by atoms with E-state index in [1.54, 1.807) is 34.9 Å². The molecule has 0 atom stereocenters. The number of anilines is 2. The van der Waals surface area contributed by atoms with E-state index in [-0.39, 0.29) is 35.1 Å².